The molecule has 124 valence electrons. The molecule has 0 bridgehead atoms. The average molecular weight is 317 g/mol. The summed E-state index contributed by atoms with van der Waals surface area (Å²) >= 11 is 0. The lowest BCUT2D eigenvalue weighted by atomic mass is 10.0. The lowest BCUT2D eigenvalue weighted by Crippen LogP contribution is -2.35. The van der Waals surface area contributed by atoms with Crippen LogP contribution in [0.5, 0.6) is 0 Å². The van der Waals surface area contributed by atoms with Gasteiger partial charge in [0.1, 0.15) is 6.61 Å². The second kappa shape index (κ2) is 10.3. The Labute approximate surface area is 137 Å². The molecular weight excluding hydrogens is 294 g/mol. The summed E-state index contributed by atoms with van der Waals surface area (Å²) in [7, 11) is 0. The number of hydrogen-bond donors (Lipinski definition) is 1. The Balaban J connectivity index is 2.54. The molecule has 0 aliphatic rings. The fourth-order valence-electron chi connectivity index (χ4n) is 1.85. The van der Waals surface area contributed by atoms with Crippen LogP contribution >= 0.6 is 0 Å². The molecule has 1 aromatic rings. The molecule has 0 aromatic heterocycles. The number of rotatable bonds is 6. The van der Waals surface area contributed by atoms with Crippen LogP contribution in [0.25, 0.3) is 0 Å². The van der Waals surface area contributed by atoms with Crippen LogP contribution in [0, 0.1) is 17.8 Å². The molecule has 0 fully saturated rings. The van der Waals surface area contributed by atoms with Gasteiger partial charge in [0.25, 0.3) is 0 Å². The molecule has 1 atom stereocenters. The number of ether oxygens (including phenoxy) is 2. The molecule has 1 rings (SSSR count). The molecular formula is C18H23NO4. The number of benzene rings is 1. The van der Waals surface area contributed by atoms with E-state index in [0.717, 1.165) is 5.56 Å². The third-order valence-corrected chi connectivity index (χ3v) is 2.84. The molecule has 5 nitrogen and oxygen atoms in total. The Morgan fingerprint density at radius 1 is 1.17 bits per heavy atom. The lowest BCUT2D eigenvalue weighted by Gasteiger charge is -2.15. The maximum absolute atomic E-state index is 11.9. The van der Waals surface area contributed by atoms with E-state index in [9.17, 15) is 9.59 Å². The van der Waals surface area contributed by atoms with E-state index in [1.54, 1.807) is 6.92 Å². The smallest absolute Gasteiger partial charge is 0.408 e. The second-order valence-electron chi connectivity index (χ2n) is 5.38. The van der Waals surface area contributed by atoms with E-state index in [4.69, 9.17) is 9.47 Å². The van der Waals surface area contributed by atoms with Crippen LogP contribution in [-0.4, -0.2) is 24.7 Å². The molecule has 0 saturated heterocycles. The van der Waals surface area contributed by atoms with Gasteiger partial charge >= 0.3 is 12.1 Å². The Bertz CT molecular complexity index is 557. The largest absolute Gasteiger partial charge is 0.456 e. The maximum Gasteiger partial charge on any atom is 0.408 e. The molecule has 0 heterocycles. The van der Waals surface area contributed by atoms with Crippen molar-refractivity contribution in [2.75, 3.05) is 6.61 Å². The minimum absolute atomic E-state index is 0.187. The summed E-state index contributed by atoms with van der Waals surface area (Å²) in [4.78, 5) is 23.2. The fraction of sp³-hybridized carbons (Fsp3) is 0.444. The Kier molecular flexibility index (Phi) is 8.30. The van der Waals surface area contributed by atoms with Crippen molar-refractivity contribution in [3.05, 3.63) is 35.9 Å². The highest BCUT2D eigenvalue weighted by Crippen LogP contribution is 2.05. The highest BCUT2D eigenvalue weighted by atomic mass is 16.5. The molecule has 5 heteroatoms. The van der Waals surface area contributed by atoms with Crippen molar-refractivity contribution >= 4 is 12.1 Å². The van der Waals surface area contributed by atoms with Gasteiger partial charge < -0.3 is 14.8 Å². The van der Waals surface area contributed by atoms with Gasteiger partial charge in [0, 0.05) is 5.92 Å². The van der Waals surface area contributed by atoms with Crippen LogP contribution < -0.4 is 5.32 Å². The van der Waals surface area contributed by atoms with Crippen molar-refractivity contribution in [3.8, 4) is 11.8 Å². The van der Waals surface area contributed by atoms with Crippen molar-refractivity contribution in [3.63, 3.8) is 0 Å². The predicted molar refractivity (Wildman–Crippen MR) is 87.4 cm³/mol. The van der Waals surface area contributed by atoms with Crippen LogP contribution in [0.15, 0.2) is 30.3 Å². The fourth-order valence-corrected chi connectivity index (χ4v) is 1.85. The number of hydrogen-bond acceptors (Lipinski definition) is 4. The molecule has 1 amide bonds. The summed E-state index contributed by atoms with van der Waals surface area (Å²) in [6.07, 6.45) is 0.0602. The van der Waals surface area contributed by atoms with E-state index in [0.29, 0.717) is 12.3 Å². The van der Waals surface area contributed by atoms with Crippen molar-refractivity contribution in [2.45, 2.75) is 39.8 Å². The van der Waals surface area contributed by atoms with Gasteiger partial charge in [-0.25, -0.2) is 9.59 Å². The molecule has 0 radical (unpaired) electrons. The first kappa shape index (κ1) is 18.6. The second-order valence-corrected chi connectivity index (χ2v) is 5.38. The summed E-state index contributed by atoms with van der Waals surface area (Å²) in [6.45, 7) is 6.19. The van der Waals surface area contributed by atoms with Crippen molar-refractivity contribution < 1.29 is 19.1 Å². The molecule has 0 aliphatic carbocycles. The Morgan fingerprint density at radius 3 is 2.48 bits per heavy atom. The van der Waals surface area contributed by atoms with E-state index >= 15 is 0 Å². The van der Waals surface area contributed by atoms with Gasteiger partial charge in [-0.1, -0.05) is 50.1 Å². The molecule has 23 heavy (non-hydrogen) atoms. The summed E-state index contributed by atoms with van der Waals surface area (Å²) in [5.41, 5.74) is 0.903. The third kappa shape index (κ3) is 8.52. The number of carbonyl (C=O) groups is 2. The number of esters is 1. The predicted octanol–water partition coefficient (Wildman–Crippen LogP) is 2.89. The summed E-state index contributed by atoms with van der Waals surface area (Å²) in [5, 5.41) is 2.67. The standard InChI is InChI=1S/C18H23NO4/c1-4-22-17(20)11-10-16(12-14(2)3)19-18(21)23-13-15-8-6-5-7-9-15/h5-9,14,16H,4,12-13H2,1-3H3,(H,19,21). The molecule has 0 saturated carbocycles. The topological polar surface area (TPSA) is 64.6 Å². The van der Waals surface area contributed by atoms with Gasteiger partial charge in [-0.05, 0) is 24.8 Å². The van der Waals surface area contributed by atoms with Crippen LogP contribution in [0.1, 0.15) is 32.8 Å². The highest BCUT2D eigenvalue weighted by molar-refractivity contribution is 5.88. The van der Waals surface area contributed by atoms with Crippen LogP contribution in [0.3, 0.4) is 0 Å². The van der Waals surface area contributed by atoms with Crippen LogP contribution in [-0.2, 0) is 20.9 Å². The number of alkyl carbamates (subject to hydrolysis) is 1. The third-order valence-electron chi connectivity index (χ3n) is 2.84. The van der Waals surface area contributed by atoms with Gasteiger partial charge in [0.05, 0.1) is 12.6 Å². The number of carbonyl (C=O) groups excluding carboxylic acids is 2. The van der Waals surface area contributed by atoms with Crippen molar-refractivity contribution in [2.24, 2.45) is 5.92 Å². The van der Waals surface area contributed by atoms with E-state index in [-0.39, 0.29) is 13.2 Å². The summed E-state index contributed by atoms with van der Waals surface area (Å²) in [5.74, 6) is 4.83. The summed E-state index contributed by atoms with van der Waals surface area (Å²) in [6, 6.07) is 8.94. The number of amides is 1. The molecule has 0 spiro atoms. The number of nitrogens with one attached hydrogen (secondary N) is 1. The van der Waals surface area contributed by atoms with E-state index < -0.39 is 18.1 Å². The van der Waals surface area contributed by atoms with Gasteiger partial charge in [0.2, 0.25) is 0 Å². The van der Waals surface area contributed by atoms with Gasteiger partial charge in [0.15, 0.2) is 0 Å². The molecule has 1 unspecified atom stereocenters. The van der Waals surface area contributed by atoms with Gasteiger partial charge in [-0.2, -0.15) is 0 Å². The van der Waals surface area contributed by atoms with E-state index in [1.165, 1.54) is 0 Å². The average Bonchev–Trinajstić information content (AvgIpc) is 2.51. The minimum atomic E-state index is -0.597. The highest BCUT2D eigenvalue weighted by Gasteiger charge is 2.13. The van der Waals surface area contributed by atoms with E-state index in [2.05, 4.69) is 17.2 Å². The SMILES string of the molecule is CCOC(=O)C#CC(CC(C)C)NC(=O)OCc1ccccc1. The molecule has 1 N–H and O–H groups in total. The maximum atomic E-state index is 11.9. The van der Waals surface area contributed by atoms with Crippen molar-refractivity contribution in [1.29, 1.82) is 0 Å². The first-order chi connectivity index (χ1) is 11.0. The first-order valence-electron chi connectivity index (χ1n) is 7.66. The zero-order chi connectivity index (χ0) is 17.1. The molecule has 1 aromatic carbocycles. The Hall–Kier alpha value is -2.48. The molecule has 0 aliphatic heterocycles. The quantitative estimate of drug-likeness (QED) is 0.498. The Morgan fingerprint density at radius 2 is 1.87 bits per heavy atom. The van der Waals surface area contributed by atoms with Gasteiger partial charge in [-0.3, -0.25) is 0 Å². The summed E-state index contributed by atoms with van der Waals surface area (Å²) < 4.78 is 9.91. The van der Waals surface area contributed by atoms with Crippen molar-refractivity contribution in [1.82, 2.24) is 5.32 Å². The minimum Gasteiger partial charge on any atom is -0.456 e. The first-order valence-corrected chi connectivity index (χ1v) is 7.66. The van der Waals surface area contributed by atoms with E-state index in [1.807, 2.05) is 44.2 Å². The normalized spacial score (nSPS) is 11.1. The monoisotopic (exact) mass is 317 g/mol. The lowest BCUT2D eigenvalue weighted by molar-refractivity contribution is -0.136. The van der Waals surface area contributed by atoms with Crippen LogP contribution in [0.4, 0.5) is 4.79 Å². The zero-order valence-corrected chi connectivity index (χ0v) is 13.8. The zero-order valence-electron chi connectivity index (χ0n) is 13.8. The van der Waals surface area contributed by atoms with Gasteiger partial charge in [-0.15, -0.1) is 0 Å². The van der Waals surface area contributed by atoms with Crippen LogP contribution in [0.2, 0.25) is 0 Å².